The Bertz CT molecular complexity index is 482. The molecular weight excluding hydrogens is 278 g/mol. The number of amides is 1. The standard InChI is InChI=1S/C15H18ClNO3/c16-12-5-3-11(4-6-12)14(18)17-13-2-1-7-15(10-13)19-8-9-20-15/h3-6,13H,1-2,7-10H2,(H,17,18)/t13-/m0/s1. The molecule has 0 bridgehead atoms. The molecule has 1 aromatic carbocycles. The van der Waals surface area contributed by atoms with Crippen LogP contribution in [0.1, 0.15) is 36.0 Å². The van der Waals surface area contributed by atoms with E-state index in [2.05, 4.69) is 5.32 Å². The van der Waals surface area contributed by atoms with Gasteiger partial charge in [0, 0.05) is 29.5 Å². The van der Waals surface area contributed by atoms with Crippen LogP contribution >= 0.6 is 11.6 Å². The minimum absolute atomic E-state index is 0.0679. The van der Waals surface area contributed by atoms with Gasteiger partial charge in [0.15, 0.2) is 5.79 Å². The van der Waals surface area contributed by atoms with Crippen molar-refractivity contribution in [2.24, 2.45) is 0 Å². The molecule has 108 valence electrons. The predicted octanol–water partition coefficient (Wildman–Crippen LogP) is 2.76. The van der Waals surface area contributed by atoms with Crippen LogP contribution in [0.3, 0.4) is 0 Å². The smallest absolute Gasteiger partial charge is 0.251 e. The van der Waals surface area contributed by atoms with Gasteiger partial charge in [-0.2, -0.15) is 0 Å². The monoisotopic (exact) mass is 295 g/mol. The maximum atomic E-state index is 12.2. The third-order valence-electron chi connectivity index (χ3n) is 3.92. The van der Waals surface area contributed by atoms with Gasteiger partial charge in [-0.1, -0.05) is 11.6 Å². The van der Waals surface area contributed by atoms with Crippen molar-refractivity contribution in [3.8, 4) is 0 Å². The zero-order valence-corrected chi connectivity index (χ0v) is 12.0. The zero-order chi connectivity index (χ0) is 14.0. The number of nitrogens with one attached hydrogen (secondary N) is 1. The van der Waals surface area contributed by atoms with Gasteiger partial charge in [-0.15, -0.1) is 0 Å². The van der Waals surface area contributed by atoms with Crippen molar-refractivity contribution in [2.45, 2.75) is 37.5 Å². The molecule has 3 rings (SSSR count). The first-order valence-corrected chi connectivity index (χ1v) is 7.39. The number of carbonyl (C=O) groups is 1. The number of hydrogen-bond acceptors (Lipinski definition) is 3. The van der Waals surface area contributed by atoms with E-state index in [0.717, 1.165) is 25.7 Å². The minimum Gasteiger partial charge on any atom is -0.349 e. The molecule has 2 fully saturated rings. The van der Waals surface area contributed by atoms with E-state index in [1.807, 2.05) is 0 Å². The van der Waals surface area contributed by atoms with Gasteiger partial charge in [0.25, 0.3) is 5.91 Å². The minimum atomic E-state index is -0.462. The van der Waals surface area contributed by atoms with Crippen molar-refractivity contribution in [2.75, 3.05) is 13.2 Å². The highest BCUT2D eigenvalue weighted by Gasteiger charge is 2.41. The van der Waals surface area contributed by atoms with Crippen LogP contribution in [0, 0.1) is 0 Å². The number of hydrogen-bond donors (Lipinski definition) is 1. The summed E-state index contributed by atoms with van der Waals surface area (Å²) < 4.78 is 11.4. The van der Waals surface area contributed by atoms with Crippen LogP contribution in [-0.2, 0) is 9.47 Å². The summed E-state index contributed by atoms with van der Waals surface area (Å²) in [4.78, 5) is 12.2. The van der Waals surface area contributed by atoms with E-state index in [9.17, 15) is 4.79 Å². The van der Waals surface area contributed by atoms with Crippen molar-refractivity contribution in [3.05, 3.63) is 34.9 Å². The maximum Gasteiger partial charge on any atom is 0.251 e. The summed E-state index contributed by atoms with van der Waals surface area (Å²) in [6.07, 6.45) is 3.62. The molecule has 2 aliphatic rings. The molecule has 1 amide bonds. The number of halogens is 1. The Labute approximate surface area is 123 Å². The lowest BCUT2D eigenvalue weighted by molar-refractivity contribution is -0.181. The number of rotatable bonds is 2. The lowest BCUT2D eigenvalue weighted by Gasteiger charge is -2.36. The molecule has 1 aromatic rings. The normalized spacial score (nSPS) is 24.8. The summed E-state index contributed by atoms with van der Waals surface area (Å²) in [5, 5.41) is 3.69. The van der Waals surface area contributed by atoms with Gasteiger partial charge < -0.3 is 14.8 Å². The molecular formula is C15H18ClNO3. The van der Waals surface area contributed by atoms with Gasteiger partial charge in [0.2, 0.25) is 0 Å². The van der Waals surface area contributed by atoms with Crippen LogP contribution in [0.25, 0.3) is 0 Å². The molecule has 1 aliphatic carbocycles. The highest BCUT2D eigenvalue weighted by atomic mass is 35.5. The molecule has 1 saturated heterocycles. The first-order valence-electron chi connectivity index (χ1n) is 7.01. The van der Waals surface area contributed by atoms with Gasteiger partial charge >= 0.3 is 0 Å². The molecule has 20 heavy (non-hydrogen) atoms. The number of benzene rings is 1. The lowest BCUT2D eigenvalue weighted by atomic mass is 9.89. The van der Waals surface area contributed by atoms with E-state index in [4.69, 9.17) is 21.1 Å². The highest BCUT2D eigenvalue weighted by Crippen LogP contribution is 2.35. The van der Waals surface area contributed by atoms with Crippen molar-refractivity contribution >= 4 is 17.5 Å². The molecule has 0 aromatic heterocycles. The summed E-state index contributed by atoms with van der Waals surface area (Å²) in [6.45, 7) is 1.30. The SMILES string of the molecule is O=C(N[C@H]1CCCC2(C1)OCCO2)c1ccc(Cl)cc1. The predicted molar refractivity (Wildman–Crippen MR) is 75.8 cm³/mol. The fraction of sp³-hybridized carbons (Fsp3) is 0.533. The fourth-order valence-corrected chi connectivity index (χ4v) is 3.08. The average Bonchev–Trinajstić information content (AvgIpc) is 2.87. The molecule has 5 heteroatoms. The highest BCUT2D eigenvalue weighted by molar-refractivity contribution is 6.30. The number of ether oxygens (including phenoxy) is 2. The van der Waals surface area contributed by atoms with Gasteiger partial charge in [-0.05, 0) is 37.1 Å². The lowest BCUT2D eigenvalue weighted by Crippen LogP contribution is -2.46. The summed E-state index contributed by atoms with van der Waals surface area (Å²) >= 11 is 5.83. The first-order chi connectivity index (χ1) is 9.67. The second-order valence-corrected chi connectivity index (χ2v) is 5.82. The Morgan fingerprint density at radius 2 is 1.95 bits per heavy atom. The average molecular weight is 296 g/mol. The van der Waals surface area contributed by atoms with Crippen LogP contribution in [-0.4, -0.2) is 30.9 Å². The summed E-state index contributed by atoms with van der Waals surface area (Å²) in [5.41, 5.74) is 0.627. The summed E-state index contributed by atoms with van der Waals surface area (Å²) in [5.74, 6) is -0.530. The quantitative estimate of drug-likeness (QED) is 0.912. The van der Waals surface area contributed by atoms with Crippen LogP contribution in [0.2, 0.25) is 5.02 Å². The van der Waals surface area contributed by atoms with Crippen LogP contribution < -0.4 is 5.32 Å². The first kappa shape index (κ1) is 13.9. The van der Waals surface area contributed by atoms with E-state index >= 15 is 0 Å². The van der Waals surface area contributed by atoms with E-state index < -0.39 is 5.79 Å². The Kier molecular flexibility index (Phi) is 3.96. The third kappa shape index (κ3) is 2.97. The van der Waals surface area contributed by atoms with Crippen molar-refractivity contribution in [1.29, 1.82) is 0 Å². The third-order valence-corrected chi connectivity index (χ3v) is 4.17. The molecule has 0 radical (unpaired) electrons. The molecule has 4 nitrogen and oxygen atoms in total. The zero-order valence-electron chi connectivity index (χ0n) is 11.2. The molecule has 1 saturated carbocycles. The van der Waals surface area contributed by atoms with Gasteiger partial charge in [0.05, 0.1) is 13.2 Å². The topological polar surface area (TPSA) is 47.6 Å². The Morgan fingerprint density at radius 3 is 2.65 bits per heavy atom. The number of carbonyl (C=O) groups excluding carboxylic acids is 1. The van der Waals surface area contributed by atoms with Crippen molar-refractivity contribution in [3.63, 3.8) is 0 Å². The molecule has 1 spiro atoms. The van der Waals surface area contributed by atoms with E-state index in [0.29, 0.717) is 23.8 Å². The fourth-order valence-electron chi connectivity index (χ4n) is 2.95. The van der Waals surface area contributed by atoms with Crippen LogP contribution in [0.4, 0.5) is 0 Å². The Morgan fingerprint density at radius 1 is 1.25 bits per heavy atom. The second-order valence-electron chi connectivity index (χ2n) is 5.38. The van der Waals surface area contributed by atoms with E-state index in [1.54, 1.807) is 24.3 Å². The van der Waals surface area contributed by atoms with E-state index in [1.165, 1.54) is 0 Å². The summed E-state index contributed by atoms with van der Waals surface area (Å²) in [6, 6.07) is 7.02. The molecule has 1 N–H and O–H groups in total. The maximum absolute atomic E-state index is 12.2. The molecule has 1 atom stereocenters. The summed E-state index contributed by atoms with van der Waals surface area (Å²) in [7, 11) is 0. The Balaban J connectivity index is 1.62. The van der Waals surface area contributed by atoms with Gasteiger partial charge in [-0.25, -0.2) is 0 Å². The van der Waals surface area contributed by atoms with Crippen molar-refractivity contribution in [1.82, 2.24) is 5.32 Å². The molecule has 1 heterocycles. The largest absolute Gasteiger partial charge is 0.349 e. The van der Waals surface area contributed by atoms with Crippen LogP contribution in [0.5, 0.6) is 0 Å². The second kappa shape index (κ2) is 5.72. The molecule has 0 unspecified atom stereocenters. The Hall–Kier alpha value is -1.10. The van der Waals surface area contributed by atoms with E-state index in [-0.39, 0.29) is 11.9 Å². The van der Waals surface area contributed by atoms with Crippen molar-refractivity contribution < 1.29 is 14.3 Å². The van der Waals surface area contributed by atoms with Gasteiger partial charge in [-0.3, -0.25) is 4.79 Å². The molecule has 1 aliphatic heterocycles. The van der Waals surface area contributed by atoms with Crippen LogP contribution in [0.15, 0.2) is 24.3 Å². The van der Waals surface area contributed by atoms with Gasteiger partial charge in [0.1, 0.15) is 0 Å².